The molecular weight excluding hydrogens is 553 g/mol. The summed E-state index contributed by atoms with van der Waals surface area (Å²) in [6.45, 7) is -1.41. The summed E-state index contributed by atoms with van der Waals surface area (Å²) in [6.07, 6.45) is -2.34. The molecule has 5 rings (SSSR count). The van der Waals surface area contributed by atoms with E-state index in [1.165, 1.54) is 17.9 Å². The summed E-state index contributed by atoms with van der Waals surface area (Å²) >= 11 is 0. The monoisotopic (exact) mass is 578 g/mol. The van der Waals surface area contributed by atoms with Crippen LogP contribution in [0.5, 0.6) is 11.5 Å². The zero-order valence-corrected chi connectivity index (χ0v) is 22.3. The normalized spacial score (nSPS) is 18.2. The Kier molecular flexibility index (Phi) is 6.76. The summed E-state index contributed by atoms with van der Waals surface area (Å²) in [4.78, 5) is 26.2. The topological polar surface area (TPSA) is 129 Å². The number of aromatic nitrogens is 2. The molecule has 0 radical (unpaired) electrons. The molecule has 1 spiro atoms. The van der Waals surface area contributed by atoms with Gasteiger partial charge in [-0.15, -0.1) is 0 Å². The summed E-state index contributed by atoms with van der Waals surface area (Å²) in [5, 5.41) is 10.2. The number of methoxy groups -OCH3 is 1. The summed E-state index contributed by atoms with van der Waals surface area (Å²) in [7, 11) is -2.14. The average molecular weight is 579 g/mol. The molecule has 2 amide bonds. The molecule has 0 fully saturated rings. The number of nitrogens with zero attached hydrogens (tertiary/aromatic N) is 2. The second kappa shape index (κ2) is 9.84. The van der Waals surface area contributed by atoms with Crippen molar-refractivity contribution in [2.45, 2.75) is 31.0 Å². The second-order valence-corrected chi connectivity index (χ2v) is 12.0. The van der Waals surface area contributed by atoms with Crippen molar-refractivity contribution in [3.8, 4) is 17.2 Å². The Hall–Kier alpha value is -4.07. The maximum atomic E-state index is 13.6. The van der Waals surface area contributed by atoms with E-state index in [1.807, 2.05) is 0 Å². The van der Waals surface area contributed by atoms with Crippen LogP contribution in [-0.2, 0) is 33.0 Å². The van der Waals surface area contributed by atoms with Gasteiger partial charge in [0.2, 0.25) is 5.91 Å². The number of halogens is 3. The Balaban J connectivity index is 1.52. The van der Waals surface area contributed by atoms with Gasteiger partial charge in [-0.2, -0.15) is 18.3 Å². The molecular formula is C26H25F3N4O6S. The number of sulfone groups is 1. The number of nitrogens with one attached hydrogen (secondary N) is 2. The van der Waals surface area contributed by atoms with Crippen LogP contribution >= 0.6 is 0 Å². The van der Waals surface area contributed by atoms with Crippen molar-refractivity contribution in [1.29, 1.82) is 0 Å². The van der Waals surface area contributed by atoms with E-state index in [0.717, 1.165) is 17.4 Å². The molecule has 14 heteroatoms. The van der Waals surface area contributed by atoms with Crippen molar-refractivity contribution in [3.05, 3.63) is 64.8 Å². The van der Waals surface area contributed by atoms with Gasteiger partial charge in [0.25, 0.3) is 5.91 Å². The van der Waals surface area contributed by atoms with Gasteiger partial charge in [-0.25, -0.2) is 13.1 Å². The van der Waals surface area contributed by atoms with Crippen LogP contribution in [0.1, 0.15) is 33.6 Å². The van der Waals surface area contributed by atoms with Crippen LogP contribution in [0.15, 0.2) is 42.5 Å². The number of carbonyl (C=O) groups is 2. The van der Waals surface area contributed by atoms with Gasteiger partial charge >= 0.3 is 6.18 Å². The van der Waals surface area contributed by atoms with Crippen LogP contribution in [0, 0.1) is 0 Å². The molecule has 3 aromatic rings. The largest absolute Gasteiger partial charge is 0.497 e. The Bertz CT molecular complexity index is 1600. The first kappa shape index (κ1) is 27.5. The molecule has 1 aromatic heterocycles. The molecule has 0 saturated heterocycles. The van der Waals surface area contributed by atoms with Crippen molar-refractivity contribution in [1.82, 2.24) is 15.1 Å². The molecule has 40 heavy (non-hydrogen) atoms. The van der Waals surface area contributed by atoms with Crippen molar-refractivity contribution in [2.75, 3.05) is 31.0 Å². The smallest absolute Gasteiger partial charge is 0.422 e. The highest BCUT2D eigenvalue weighted by Crippen LogP contribution is 2.44. The SMILES string of the molecule is COc1ccc(-n2nc3c(c2NC(=O)CS(C)(=O)=O)C(=O)N[C@]2(CCc4cc(OCC(F)(F)F)ccc42)C3)cc1. The number of rotatable bonds is 7. The van der Waals surface area contributed by atoms with Gasteiger partial charge < -0.3 is 20.1 Å². The first-order chi connectivity index (χ1) is 18.8. The molecule has 1 aliphatic heterocycles. The molecule has 2 aliphatic rings. The lowest BCUT2D eigenvalue weighted by Gasteiger charge is -2.35. The highest BCUT2D eigenvalue weighted by atomic mass is 32.2. The lowest BCUT2D eigenvalue weighted by molar-refractivity contribution is -0.153. The molecule has 0 unspecified atom stereocenters. The summed E-state index contributed by atoms with van der Waals surface area (Å²) in [6, 6.07) is 11.3. The van der Waals surface area contributed by atoms with E-state index in [4.69, 9.17) is 9.47 Å². The van der Waals surface area contributed by atoms with Crippen LogP contribution in [0.2, 0.25) is 0 Å². The molecule has 2 aromatic carbocycles. The number of hydrogen-bond acceptors (Lipinski definition) is 7. The Morgan fingerprint density at radius 2 is 1.88 bits per heavy atom. The van der Waals surface area contributed by atoms with Gasteiger partial charge in [0.15, 0.2) is 16.4 Å². The number of carbonyl (C=O) groups excluding carboxylic acids is 2. The number of fused-ring (bicyclic) bond motifs is 3. The van der Waals surface area contributed by atoms with Gasteiger partial charge in [0.1, 0.15) is 28.6 Å². The molecule has 1 aliphatic carbocycles. The number of anilines is 1. The van der Waals surface area contributed by atoms with E-state index >= 15 is 0 Å². The Morgan fingerprint density at radius 3 is 2.52 bits per heavy atom. The maximum Gasteiger partial charge on any atom is 0.422 e. The fourth-order valence-corrected chi connectivity index (χ4v) is 5.71. The lowest BCUT2D eigenvalue weighted by atomic mass is 9.82. The van der Waals surface area contributed by atoms with Crippen LogP contribution in [0.3, 0.4) is 0 Å². The zero-order chi connectivity index (χ0) is 28.9. The van der Waals surface area contributed by atoms with E-state index in [2.05, 4.69) is 15.7 Å². The second-order valence-electron chi connectivity index (χ2n) is 9.83. The predicted molar refractivity (Wildman–Crippen MR) is 138 cm³/mol. The number of benzene rings is 2. The number of hydrogen-bond donors (Lipinski definition) is 2. The first-order valence-electron chi connectivity index (χ1n) is 12.2. The van der Waals surface area contributed by atoms with Crippen LogP contribution in [0.25, 0.3) is 5.69 Å². The zero-order valence-electron chi connectivity index (χ0n) is 21.5. The minimum atomic E-state index is -4.47. The van der Waals surface area contributed by atoms with Crippen molar-refractivity contribution in [3.63, 3.8) is 0 Å². The minimum absolute atomic E-state index is 0.0234. The quantitative estimate of drug-likeness (QED) is 0.441. The number of alkyl halides is 3. The fraction of sp³-hybridized carbons (Fsp3) is 0.346. The van der Waals surface area contributed by atoms with Gasteiger partial charge in [-0.3, -0.25) is 9.59 Å². The van der Waals surface area contributed by atoms with E-state index in [-0.39, 0.29) is 23.6 Å². The highest BCUT2D eigenvalue weighted by Gasteiger charge is 2.47. The van der Waals surface area contributed by atoms with Crippen molar-refractivity contribution >= 4 is 27.5 Å². The lowest BCUT2D eigenvalue weighted by Crippen LogP contribution is -2.49. The molecule has 0 saturated carbocycles. The fourth-order valence-electron chi connectivity index (χ4n) is 5.16. The minimum Gasteiger partial charge on any atom is -0.497 e. The maximum absolute atomic E-state index is 13.6. The Labute approximate surface area is 227 Å². The van der Waals surface area contributed by atoms with E-state index in [9.17, 15) is 31.2 Å². The van der Waals surface area contributed by atoms with Crippen molar-refractivity contribution in [2.24, 2.45) is 0 Å². The van der Waals surface area contributed by atoms with Crippen molar-refractivity contribution < 1.29 is 40.7 Å². The first-order valence-corrected chi connectivity index (χ1v) is 14.2. The molecule has 212 valence electrons. The third-order valence-electron chi connectivity index (χ3n) is 6.79. The van der Waals surface area contributed by atoms with Gasteiger partial charge in [0.05, 0.1) is 24.0 Å². The van der Waals surface area contributed by atoms with E-state index in [0.29, 0.717) is 30.0 Å². The molecule has 10 nitrogen and oxygen atoms in total. The van der Waals surface area contributed by atoms with Gasteiger partial charge in [-0.1, -0.05) is 6.07 Å². The summed E-state index contributed by atoms with van der Waals surface area (Å²) in [5.74, 6) is -1.47. The Morgan fingerprint density at radius 1 is 1.18 bits per heavy atom. The van der Waals surface area contributed by atoms with Crippen LogP contribution in [-0.4, -0.2) is 61.9 Å². The molecule has 2 heterocycles. The highest BCUT2D eigenvalue weighted by molar-refractivity contribution is 7.91. The average Bonchev–Trinajstić information content (AvgIpc) is 3.39. The summed E-state index contributed by atoms with van der Waals surface area (Å²) < 4.78 is 72.7. The molecule has 1 atom stereocenters. The third-order valence-corrected chi connectivity index (χ3v) is 7.58. The van der Waals surface area contributed by atoms with Gasteiger partial charge in [-0.05, 0) is 60.4 Å². The summed E-state index contributed by atoms with van der Waals surface area (Å²) in [5.41, 5.74) is 1.59. The molecule has 2 N–H and O–H groups in total. The van der Waals surface area contributed by atoms with E-state index < -0.39 is 45.7 Å². The van der Waals surface area contributed by atoms with Gasteiger partial charge in [0, 0.05) is 12.7 Å². The van der Waals surface area contributed by atoms with E-state index in [1.54, 1.807) is 36.4 Å². The standard InChI is InChI=1S/C26H25F3N4O6S/c1-38-17-5-3-16(4-6-17)33-23(30-21(34)13-40(2,36)37)22-20(32-33)12-25(31-24(22)35)10-9-15-11-18(7-8-19(15)25)39-14-26(27,28)29/h3-8,11H,9-10,12-14H2,1-2H3,(H,30,34)(H,31,35)/t25-/m1/s1. The molecule has 0 bridgehead atoms. The third kappa shape index (κ3) is 5.48. The number of amides is 2. The van der Waals surface area contributed by atoms with Crippen LogP contribution in [0.4, 0.5) is 19.0 Å². The predicted octanol–water partition coefficient (Wildman–Crippen LogP) is 2.93. The van der Waals surface area contributed by atoms with Crippen LogP contribution < -0.4 is 20.1 Å². The number of ether oxygens (including phenoxy) is 2. The number of aryl methyl sites for hydroxylation is 1.